The quantitative estimate of drug-likeness (QED) is 0.660. The van der Waals surface area contributed by atoms with Crippen LogP contribution in [0.4, 0.5) is 0 Å². The summed E-state index contributed by atoms with van der Waals surface area (Å²) in [4.78, 5) is 0. The molecule has 0 aliphatic carbocycles. The fraction of sp³-hybridized carbons (Fsp3) is 0.222. The molecule has 62 valence electrons. The Morgan fingerprint density at radius 3 is 3.17 bits per heavy atom. The molecule has 0 aliphatic rings. The molecule has 0 radical (unpaired) electrons. The van der Waals surface area contributed by atoms with Crippen LogP contribution in [-0.4, -0.2) is 9.61 Å². The van der Waals surface area contributed by atoms with Gasteiger partial charge in [0.1, 0.15) is 0 Å². The summed E-state index contributed by atoms with van der Waals surface area (Å²) in [7, 11) is 0. The fourth-order valence-corrected chi connectivity index (χ4v) is 1.46. The summed E-state index contributed by atoms with van der Waals surface area (Å²) in [6, 6.07) is 4.01. The highest BCUT2D eigenvalue weighted by Gasteiger charge is 2.00. The Balaban J connectivity index is 2.75. The lowest BCUT2D eigenvalue weighted by Gasteiger charge is -1.96. The molecule has 2 aromatic rings. The lowest BCUT2D eigenvalue weighted by Crippen LogP contribution is -1.88. The largest absolute Gasteiger partial charge is 0.241 e. The second-order valence-corrected chi connectivity index (χ2v) is 3.13. The molecule has 0 fully saturated rings. The minimum atomic E-state index is 0.691. The maximum atomic E-state index is 5.83. The molecule has 0 N–H and O–H groups in total. The summed E-state index contributed by atoms with van der Waals surface area (Å²) in [5, 5.41) is 4.82. The Hall–Kier alpha value is -1.02. The molecule has 0 saturated carbocycles. The van der Waals surface area contributed by atoms with E-state index in [2.05, 4.69) is 18.1 Å². The molecule has 0 amide bonds. The van der Waals surface area contributed by atoms with Crippen LogP contribution in [0.5, 0.6) is 0 Å². The smallest absolute Gasteiger partial charge is 0.0693 e. The number of nitrogens with zero attached hydrogens (tertiary/aromatic N) is 2. The molecular formula is C9H9ClN2. The first-order valence-electron chi connectivity index (χ1n) is 3.93. The molecule has 2 nitrogen and oxygen atoms in total. The zero-order valence-electron chi connectivity index (χ0n) is 6.79. The third-order valence-electron chi connectivity index (χ3n) is 1.95. The van der Waals surface area contributed by atoms with E-state index in [0.29, 0.717) is 5.02 Å². The van der Waals surface area contributed by atoms with Crippen molar-refractivity contribution in [3.05, 3.63) is 35.1 Å². The Kier molecular flexibility index (Phi) is 1.77. The van der Waals surface area contributed by atoms with Crippen LogP contribution in [0.3, 0.4) is 0 Å². The molecule has 0 aliphatic heterocycles. The summed E-state index contributed by atoms with van der Waals surface area (Å²) >= 11 is 5.83. The Labute approximate surface area is 75.8 Å². The molecule has 0 aromatic carbocycles. The van der Waals surface area contributed by atoms with E-state index in [0.717, 1.165) is 11.9 Å². The Morgan fingerprint density at radius 2 is 2.42 bits per heavy atom. The second kappa shape index (κ2) is 2.79. The topological polar surface area (TPSA) is 17.3 Å². The molecule has 0 saturated heterocycles. The third-order valence-corrected chi connectivity index (χ3v) is 2.16. The second-order valence-electron chi connectivity index (χ2n) is 2.70. The molecule has 2 rings (SSSR count). The highest BCUT2D eigenvalue weighted by atomic mass is 35.5. The molecule has 0 unspecified atom stereocenters. The van der Waals surface area contributed by atoms with Crippen LogP contribution in [0.15, 0.2) is 24.5 Å². The minimum absolute atomic E-state index is 0.691. The molecule has 0 bridgehead atoms. The predicted octanol–water partition coefficient (Wildman–Crippen LogP) is 2.55. The van der Waals surface area contributed by atoms with Crippen molar-refractivity contribution in [3.63, 3.8) is 0 Å². The number of hydrogen-bond donors (Lipinski definition) is 0. The zero-order valence-corrected chi connectivity index (χ0v) is 7.54. The van der Waals surface area contributed by atoms with Gasteiger partial charge in [-0.3, -0.25) is 0 Å². The number of aryl methyl sites for hydroxylation is 1. The number of rotatable bonds is 1. The first-order valence-corrected chi connectivity index (χ1v) is 4.31. The molecule has 0 spiro atoms. The van der Waals surface area contributed by atoms with E-state index in [-0.39, 0.29) is 0 Å². The normalized spacial score (nSPS) is 10.8. The minimum Gasteiger partial charge on any atom is -0.241 e. The summed E-state index contributed by atoms with van der Waals surface area (Å²) < 4.78 is 1.84. The third kappa shape index (κ3) is 1.08. The van der Waals surface area contributed by atoms with Crippen molar-refractivity contribution in [2.24, 2.45) is 0 Å². The number of aromatic nitrogens is 2. The van der Waals surface area contributed by atoms with Gasteiger partial charge in [-0.2, -0.15) is 5.10 Å². The highest BCUT2D eigenvalue weighted by molar-refractivity contribution is 6.30. The summed E-state index contributed by atoms with van der Waals surface area (Å²) in [5.41, 5.74) is 2.38. The predicted molar refractivity (Wildman–Crippen MR) is 49.6 cm³/mol. The van der Waals surface area contributed by atoms with Gasteiger partial charge < -0.3 is 0 Å². The van der Waals surface area contributed by atoms with Crippen molar-refractivity contribution >= 4 is 17.1 Å². The lowest BCUT2D eigenvalue weighted by molar-refractivity contribution is 0.938. The van der Waals surface area contributed by atoms with Crippen molar-refractivity contribution < 1.29 is 0 Å². The average Bonchev–Trinajstić information content (AvgIpc) is 2.46. The number of halogens is 1. The van der Waals surface area contributed by atoms with E-state index in [1.807, 2.05) is 16.8 Å². The van der Waals surface area contributed by atoms with Gasteiger partial charge in [0.05, 0.1) is 16.7 Å². The zero-order chi connectivity index (χ0) is 8.55. The van der Waals surface area contributed by atoms with Crippen LogP contribution >= 0.6 is 11.6 Å². The monoisotopic (exact) mass is 180 g/mol. The van der Waals surface area contributed by atoms with Crippen molar-refractivity contribution in [3.8, 4) is 0 Å². The first kappa shape index (κ1) is 7.62. The van der Waals surface area contributed by atoms with Gasteiger partial charge in [-0.1, -0.05) is 18.5 Å². The van der Waals surface area contributed by atoms with Crippen LogP contribution < -0.4 is 0 Å². The van der Waals surface area contributed by atoms with Gasteiger partial charge in [0.2, 0.25) is 0 Å². The molecule has 2 aromatic heterocycles. The first-order chi connectivity index (χ1) is 5.81. The van der Waals surface area contributed by atoms with Gasteiger partial charge in [-0.05, 0) is 24.1 Å². The van der Waals surface area contributed by atoms with Gasteiger partial charge in [-0.15, -0.1) is 0 Å². The average molecular weight is 181 g/mol. The molecule has 12 heavy (non-hydrogen) atoms. The maximum Gasteiger partial charge on any atom is 0.0693 e. The summed E-state index contributed by atoms with van der Waals surface area (Å²) in [6.45, 7) is 2.12. The standard InChI is InChI=1S/C9H9ClN2/c1-2-7-3-4-12-9(7)5-8(10)6-11-12/h3-6H,2H2,1H3. The van der Waals surface area contributed by atoms with Gasteiger partial charge in [0, 0.05) is 6.20 Å². The number of fused-ring (bicyclic) bond motifs is 1. The Bertz CT molecular complexity index is 406. The van der Waals surface area contributed by atoms with Crippen molar-refractivity contribution in [1.82, 2.24) is 9.61 Å². The van der Waals surface area contributed by atoms with Crippen molar-refractivity contribution in [2.75, 3.05) is 0 Å². The summed E-state index contributed by atoms with van der Waals surface area (Å²) in [5.74, 6) is 0. The molecule has 2 heterocycles. The van der Waals surface area contributed by atoms with Gasteiger partial charge in [-0.25, -0.2) is 4.52 Å². The van der Waals surface area contributed by atoms with Crippen LogP contribution in [0.1, 0.15) is 12.5 Å². The van der Waals surface area contributed by atoms with Gasteiger partial charge in [0.15, 0.2) is 0 Å². The maximum absolute atomic E-state index is 5.83. The van der Waals surface area contributed by atoms with E-state index in [1.54, 1.807) is 6.20 Å². The van der Waals surface area contributed by atoms with Gasteiger partial charge >= 0.3 is 0 Å². The van der Waals surface area contributed by atoms with Crippen molar-refractivity contribution in [2.45, 2.75) is 13.3 Å². The Morgan fingerprint density at radius 1 is 1.58 bits per heavy atom. The van der Waals surface area contributed by atoms with Crippen LogP contribution in [0.2, 0.25) is 5.02 Å². The van der Waals surface area contributed by atoms with E-state index in [4.69, 9.17) is 11.6 Å². The van der Waals surface area contributed by atoms with E-state index < -0.39 is 0 Å². The van der Waals surface area contributed by atoms with E-state index >= 15 is 0 Å². The SMILES string of the molecule is CCc1ccn2ncc(Cl)cc12. The van der Waals surface area contributed by atoms with Crippen LogP contribution in [0, 0.1) is 0 Å². The van der Waals surface area contributed by atoms with Crippen LogP contribution in [-0.2, 0) is 6.42 Å². The molecular weight excluding hydrogens is 172 g/mol. The van der Waals surface area contributed by atoms with Crippen molar-refractivity contribution in [1.29, 1.82) is 0 Å². The molecule has 3 heteroatoms. The highest BCUT2D eigenvalue weighted by Crippen LogP contribution is 2.15. The van der Waals surface area contributed by atoms with Gasteiger partial charge in [0.25, 0.3) is 0 Å². The fourth-order valence-electron chi connectivity index (χ4n) is 1.32. The molecule has 0 atom stereocenters. The van der Waals surface area contributed by atoms with E-state index in [9.17, 15) is 0 Å². The summed E-state index contributed by atoms with van der Waals surface area (Å²) in [6.07, 6.45) is 4.61. The van der Waals surface area contributed by atoms with E-state index in [1.165, 1.54) is 5.56 Å². The van der Waals surface area contributed by atoms with Crippen LogP contribution in [0.25, 0.3) is 5.52 Å². The lowest BCUT2D eigenvalue weighted by atomic mass is 10.2. The number of hydrogen-bond acceptors (Lipinski definition) is 1.